The molecule has 5 heteroatoms. The van der Waals surface area contributed by atoms with Crippen molar-refractivity contribution in [2.24, 2.45) is 0 Å². The molecule has 0 aliphatic rings. The van der Waals surface area contributed by atoms with Crippen molar-refractivity contribution >= 4 is 17.3 Å². The fraction of sp³-hybridized carbons (Fsp3) is 0.273. The molecule has 0 spiro atoms. The van der Waals surface area contributed by atoms with E-state index in [1.54, 1.807) is 6.07 Å². The maximum absolute atomic E-state index is 13.4. The summed E-state index contributed by atoms with van der Waals surface area (Å²) >= 11 is 5.65. The minimum Gasteiger partial charge on any atom is -0.345 e. The van der Waals surface area contributed by atoms with E-state index in [0.717, 1.165) is 0 Å². The van der Waals surface area contributed by atoms with Gasteiger partial charge in [-0.25, -0.2) is 4.39 Å². The van der Waals surface area contributed by atoms with E-state index in [-0.39, 0.29) is 19.0 Å². The van der Waals surface area contributed by atoms with Crippen LogP contribution in [0.1, 0.15) is 5.56 Å². The summed E-state index contributed by atoms with van der Waals surface area (Å²) in [6.45, 7) is 0.0573. The van der Waals surface area contributed by atoms with Crippen molar-refractivity contribution in [2.45, 2.75) is 5.88 Å². The number of hydrogen-bond donors (Lipinski definition) is 0. The van der Waals surface area contributed by atoms with Gasteiger partial charge in [0.2, 0.25) is 0 Å². The molecule has 0 amide bonds. The zero-order chi connectivity index (χ0) is 12.0. The van der Waals surface area contributed by atoms with E-state index < -0.39 is 5.82 Å². The molecule has 0 bridgehead atoms. The summed E-state index contributed by atoms with van der Waals surface area (Å²) in [7, 11) is 0. The van der Waals surface area contributed by atoms with Crippen molar-refractivity contribution in [3.05, 3.63) is 29.6 Å². The van der Waals surface area contributed by atoms with E-state index in [1.165, 1.54) is 17.0 Å². The Morgan fingerprint density at radius 3 is 2.38 bits per heavy atom. The molecular formula is C11H9ClFN3. The molecule has 0 aromatic heterocycles. The van der Waals surface area contributed by atoms with E-state index in [9.17, 15) is 4.39 Å². The lowest BCUT2D eigenvalue weighted by Crippen LogP contribution is -2.25. The van der Waals surface area contributed by atoms with Gasteiger partial charge in [-0.15, -0.1) is 11.6 Å². The van der Waals surface area contributed by atoms with Gasteiger partial charge in [-0.2, -0.15) is 10.5 Å². The summed E-state index contributed by atoms with van der Waals surface area (Å²) in [5.41, 5.74) is 0.813. The minimum absolute atomic E-state index is 0.00929. The molecule has 1 aromatic rings. The standard InChI is InChI=1S/C11H9ClFN3/c12-8-9-10(13)2-1-3-11(9)16(6-4-14)7-5-15/h1-3H,6-8H2. The summed E-state index contributed by atoms with van der Waals surface area (Å²) in [5, 5.41) is 17.3. The van der Waals surface area contributed by atoms with E-state index in [0.29, 0.717) is 11.3 Å². The molecule has 0 atom stereocenters. The Morgan fingerprint density at radius 1 is 1.25 bits per heavy atom. The van der Waals surface area contributed by atoms with Crippen molar-refractivity contribution < 1.29 is 4.39 Å². The Kier molecular flexibility index (Phi) is 4.57. The second-order valence-corrected chi connectivity index (χ2v) is 3.31. The first-order valence-electron chi connectivity index (χ1n) is 4.56. The number of nitriles is 2. The van der Waals surface area contributed by atoms with Gasteiger partial charge in [-0.1, -0.05) is 6.07 Å². The Morgan fingerprint density at radius 2 is 1.88 bits per heavy atom. The maximum atomic E-state index is 13.4. The lowest BCUT2D eigenvalue weighted by Gasteiger charge is -2.21. The van der Waals surface area contributed by atoms with E-state index in [2.05, 4.69) is 0 Å². The fourth-order valence-corrected chi connectivity index (χ4v) is 1.64. The fourth-order valence-electron chi connectivity index (χ4n) is 1.37. The first-order chi connectivity index (χ1) is 7.74. The van der Waals surface area contributed by atoms with Crippen LogP contribution in [0.5, 0.6) is 0 Å². The Balaban J connectivity index is 3.14. The van der Waals surface area contributed by atoms with Crippen LogP contribution >= 0.6 is 11.6 Å². The molecule has 1 rings (SSSR count). The van der Waals surface area contributed by atoms with Crippen molar-refractivity contribution in [1.29, 1.82) is 10.5 Å². The van der Waals surface area contributed by atoms with Gasteiger partial charge in [0, 0.05) is 11.3 Å². The quantitative estimate of drug-likeness (QED) is 0.597. The third-order valence-corrected chi connectivity index (χ3v) is 2.36. The molecule has 0 saturated heterocycles. The Labute approximate surface area is 98.3 Å². The first-order valence-corrected chi connectivity index (χ1v) is 5.10. The van der Waals surface area contributed by atoms with Crippen LogP contribution in [0.3, 0.4) is 0 Å². The molecule has 0 heterocycles. The highest BCUT2D eigenvalue weighted by Crippen LogP contribution is 2.24. The van der Waals surface area contributed by atoms with Crippen molar-refractivity contribution in [3.8, 4) is 12.1 Å². The molecule has 82 valence electrons. The highest BCUT2D eigenvalue weighted by Gasteiger charge is 2.13. The third-order valence-electron chi connectivity index (χ3n) is 2.09. The Hall–Kier alpha value is -1.78. The second kappa shape index (κ2) is 5.95. The lowest BCUT2D eigenvalue weighted by atomic mass is 10.1. The SMILES string of the molecule is N#CCN(CC#N)c1cccc(F)c1CCl. The van der Waals surface area contributed by atoms with Crippen molar-refractivity contribution in [1.82, 2.24) is 0 Å². The normalized spacial score (nSPS) is 9.25. The maximum Gasteiger partial charge on any atom is 0.129 e. The average molecular weight is 238 g/mol. The molecular weight excluding hydrogens is 229 g/mol. The molecule has 0 saturated carbocycles. The lowest BCUT2D eigenvalue weighted by molar-refractivity contribution is 0.616. The monoisotopic (exact) mass is 237 g/mol. The molecule has 0 N–H and O–H groups in total. The van der Waals surface area contributed by atoms with E-state index >= 15 is 0 Å². The van der Waals surface area contributed by atoms with Crippen LogP contribution in [0.25, 0.3) is 0 Å². The smallest absolute Gasteiger partial charge is 0.129 e. The van der Waals surface area contributed by atoms with Gasteiger partial charge in [0.25, 0.3) is 0 Å². The van der Waals surface area contributed by atoms with Gasteiger partial charge in [-0.3, -0.25) is 0 Å². The number of nitrogens with zero attached hydrogens (tertiary/aromatic N) is 3. The summed E-state index contributed by atoms with van der Waals surface area (Å²) in [6, 6.07) is 8.34. The van der Waals surface area contributed by atoms with Gasteiger partial charge in [-0.05, 0) is 12.1 Å². The molecule has 3 nitrogen and oxygen atoms in total. The van der Waals surface area contributed by atoms with Gasteiger partial charge >= 0.3 is 0 Å². The third kappa shape index (κ3) is 2.62. The number of rotatable bonds is 4. The summed E-state index contributed by atoms with van der Waals surface area (Å²) < 4.78 is 13.4. The van der Waals surface area contributed by atoms with Crippen LogP contribution in [-0.2, 0) is 5.88 Å². The number of benzene rings is 1. The molecule has 0 unspecified atom stereocenters. The second-order valence-electron chi connectivity index (χ2n) is 3.04. The zero-order valence-corrected chi connectivity index (χ0v) is 9.21. The molecule has 0 radical (unpaired) electrons. The number of hydrogen-bond acceptors (Lipinski definition) is 3. The average Bonchev–Trinajstić information content (AvgIpc) is 2.28. The highest BCUT2D eigenvalue weighted by atomic mass is 35.5. The summed E-state index contributed by atoms with van der Waals surface area (Å²) in [4.78, 5) is 1.49. The van der Waals surface area contributed by atoms with Crippen LogP contribution in [-0.4, -0.2) is 13.1 Å². The van der Waals surface area contributed by atoms with Crippen LogP contribution in [0.2, 0.25) is 0 Å². The minimum atomic E-state index is -0.423. The zero-order valence-electron chi connectivity index (χ0n) is 8.45. The van der Waals surface area contributed by atoms with E-state index in [4.69, 9.17) is 22.1 Å². The molecule has 0 fully saturated rings. The molecule has 0 aliphatic heterocycles. The largest absolute Gasteiger partial charge is 0.345 e. The van der Waals surface area contributed by atoms with Crippen molar-refractivity contribution in [3.63, 3.8) is 0 Å². The topological polar surface area (TPSA) is 50.8 Å². The van der Waals surface area contributed by atoms with Crippen LogP contribution in [0, 0.1) is 28.5 Å². The first kappa shape index (κ1) is 12.3. The molecule has 16 heavy (non-hydrogen) atoms. The number of anilines is 1. The summed E-state index contributed by atoms with van der Waals surface area (Å²) in [5.74, 6) is -0.414. The summed E-state index contributed by atoms with van der Waals surface area (Å²) in [6.07, 6.45) is 0. The van der Waals surface area contributed by atoms with Crippen molar-refractivity contribution in [2.75, 3.05) is 18.0 Å². The molecule has 1 aromatic carbocycles. The van der Waals surface area contributed by atoms with Gasteiger partial charge < -0.3 is 4.90 Å². The van der Waals surface area contributed by atoms with Crippen LogP contribution in [0.4, 0.5) is 10.1 Å². The van der Waals surface area contributed by atoms with Gasteiger partial charge in [0.1, 0.15) is 18.9 Å². The van der Waals surface area contributed by atoms with E-state index in [1.807, 2.05) is 12.1 Å². The van der Waals surface area contributed by atoms with Crippen LogP contribution < -0.4 is 4.90 Å². The number of alkyl halides is 1. The Bertz CT molecular complexity index is 432. The molecule has 0 aliphatic carbocycles. The van der Waals surface area contributed by atoms with Gasteiger partial charge in [0.15, 0.2) is 0 Å². The number of halogens is 2. The van der Waals surface area contributed by atoms with Gasteiger partial charge in [0.05, 0.1) is 18.0 Å². The predicted molar refractivity (Wildman–Crippen MR) is 59.4 cm³/mol. The predicted octanol–water partition coefficient (Wildman–Crippen LogP) is 2.42. The van der Waals surface area contributed by atoms with Crippen LogP contribution in [0.15, 0.2) is 18.2 Å². The highest BCUT2D eigenvalue weighted by molar-refractivity contribution is 6.17.